The first-order valence-corrected chi connectivity index (χ1v) is 7.00. The molecule has 2 aromatic rings. The molecule has 2 rings (SSSR count). The molecule has 1 amide bonds. The summed E-state index contributed by atoms with van der Waals surface area (Å²) in [5.41, 5.74) is 1.38. The molecule has 100 valence electrons. The highest BCUT2D eigenvalue weighted by atomic mass is 32.1. The second-order valence-corrected chi connectivity index (χ2v) is 5.27. The summed E-state index contributed by atoms with van der Waals surface area (Å²) in [6.45, 7) is 0.703. The Hall–Kier alpha value is -1.88. The number of likely N-dealkylation sites (N-methyl/N-ethyl adjacent to an activating group) is 1. The first kappa shape index (κ1) is 13.5. The van der Waals surface area contributed by atoms with Crippen molar-refractivity contribution in [3.63, 3.8) is 0 Å². The van der Waals surface area contributed by atoms with Crippen LogP contribution in [0.5, 0.6) is 0 Å². The normalized spacial score (nSPS) is 10.2. The highest BCUT2D eigenvalue weighted by molar-refractivity contribution is 7.09. The molecule has 0 saturated carbocycles. The maximum absolute atomic E-state index is 12.2. The summed E-state index contributed by atoms with van der Waals surface area (Å²) in [6, 6.07) is 7.71. The molecule has 0 aliphatic rings. The molecular formula is C14H17N3OS. The minimum absolute atomic E-state index is 0.0424. The number of rotatable bonds is 5. The first-order valence-electron chi connectivity index (χ1n) is 6.12. The van der Waals surface area contributed by atoms with Crippen molar-refractivity contribution in [2.24, 2.45) is 0 Å². The predicted octanol–water partition coefficient (Wildman–Crippen LogP) is 2.50. The van der Waals surface area contributed by atoms with E-state index in [1.807, 2.05) is 26.2 Å². The zero-order valence-corrected chi connectivity index (χ0v) is 11.9. The maximum atomic E-state index is 12.2. The molecule has 0 saturated heterocycles. The quantitative estimate of drug-likeness (QED) is 0.912. The summed E-state index contributed by atoms with van der Waals surface area (Å²) in [5, 5.41) is 5.03. The van der Waals surface area contributed by atoms with Gasteiger partial charge in [0.15, 0.2) is 0 Å². The minimum atomic E-state index is -0.0424. The number of hydrogen-bond acceptors (Lipinski definition) is 4. The van der Waals surface area contributed by atoms with Crippen molar-refractivity contribution in [3.05, 3.63) is 46.4 Å². The minimum Gasteiger partial charge on any atom is -0.387 e. The van der Waals surface area contributed by atoms with Gasteiger partial charge in [-0.15, -0.1) is 11.3 Å². The maximum Gasteiger partial charge on any atom is 0.272 e. The molecule has 0 aromatic carbocycles. The Morgan fingerprint density at radius 1 is 1.42 bits per heavy atom. The van der Waals surface area contributed by atoms with Crippen LogP contribution in [0.15, 0.2) is 35.8 Å². The van der Waals surface area contributed by atoms with Crippen molar-refractivity contribution in [1.82, 2.24) is 9.88 Å². The highest BCUT2D eigenvalue weighted by Crippen LogP contribution is 2.11. The number of pyridine rings is 1. The zero-order chi connectivity index (χ0) is 13.7. The molecule has 5 heteroatoms. The van der Waals surface area contributed by atoms with E-state index in [1.54, 1.807) is 28.5 Å². The van der Waals surface area contributed by atoms with E-state index in [4.69, 9.17) is 0 Å². The van der Waals surface area contributed by atoms with Gasteiger partial charge in [0, 0.05) is 25.5 Å². The smallest absolute Gasteiger partial charge is 0.272 e. The van der Waals surface area contributed by atoms with E-state index in [1.165, 1.54) is 4.88 Å². The van der Waals surface area contributed by atoms with Crippen molar-refractivity contribution >= 4 is 22.9 Å². The number of carbonyl (C=O) groups excluding carboxylic acids is 1. The van der Waals surface area contributed by atoms with Gasteiger partial charge in [0.1, 0.15) is 5.69 Å². The van der Waals surface area contributed by atoms with E-state index in [0.717, 1.165) is 12.1 Å². The molecule has 0 bridgehead atoms. The lowest BCUT2D eigenvalue weighted by atomic mass is 10.2. The van der Waals surface area contributed by atoms with Crippen LogP contribution in [-0.4, -0.2) is 36.4 Å². The molecule has 0 atom stereocenters. The molecule has 0 radical (unpaired) electrons. The number of carbonyl (C=O) groups is 1. The Bertz CT molecular complexity index is 522. The van der Waals surface area contributed by atoms with Crippen molar-refractivity contribution in [1.29, 1.82) is 0 Å². The molecule has 2 heterocycles. The summed E-state index contributed by atoms with van der Waals surface area (Å²) < 4.78 is 0. The number of nitrogens with zero attached hydrogens (tertiary/aromatic N) is 2. The van der Waals surface area contributed by atoms with Gasteiger partial charge < -0.3 is 10.2 Å². The lowest BCUT2D eigenvalue weighted by Crippen LogP contribution is -2.29. The molecule has 0 fully saturated rings. The van der Waals surface area contributed by atoms with Gasteiger partial charge in [0.25, 0.3) is 5.91 Å². The standard InChI is InChI=1S/C14H17N3OS/c1-15-11-5-6-13(16-10-11)14(18)17(2)8-7-12-4-3-9-19-12/h3-6,9-10,15H,7-8H2,1-2H3. The van der Waals surface area contributed by atoms with Crippen LogP contribution in [0.4, 0.5) is 5.69 Å². The summed E-state index contributed by atoms with van der Waals surface area (Å²) >= 11 is 1.72. The van der Waals surface area contributed by atoms with E-state index >= 15 is 0 Å². The Balaban J connectivity index is 1.94. The van der Waals surface area contributed by atoms with E-state index < -0.39 is 0 Å². The van der Waals surface area contributed by atoms with Crippen LogP contribution >= 0.6 is 11.3 Å². The fourth-order valence-electron chi connectivity index (χ4n) is 1.70. The van der Waals surface area contributed by atoms with Crippen LogP contribution in [0.25, 0.3) is 0 Å². The Morgan fingerprint density at radius 3 is 2.84 bits per heavy atom. The fourth-order valence-corrected chi connectivity index (χ4v) is 2.40. The molecule has 0 spiro atoms. The van der Waals surface area contributed by atoms with Gasteiger partial charge in [-0.2, -0.15) is 0 Å². The van der Waals surface area contributed by atoms with Crippen molar-refractivity contribution in [2.75, 3.05) is 26.0 Å². The number of nitrogens with one attached hydrogen (secondary N) is 1. The number of thiophene rings is 1. The number of hydrogen-bond donors (Lipinski definition) is 1. The van der Waals surface area contributed by atoms with Gasteiger partial charge in [-0.1, -0.05) is 6.07 Å². The van der Waals surface area contributed by atoms with E-state index in [0.29, 0.717) is 12.2 Å². The molecule has 4 nitrogen and oxygen atoms in total. The molecule has 0 aliphatic heterocycles. The third-order valence-electron chi connectivity index (χ3n) is 2.89. The summed E-state index contributed by atoms with van der Waals surface area (Å²) in [6.07, 6.45) is 2.55. The summed E-state index contributed by atoms with van der Waals surface area (Å²) in [4.78, 5) is 19.3. The van der Waals surface area contributed by atoms with Crippen LogP contribution in [0.3, 0.4) is 0 Å². The fraction of sp³-hybridized carbons (Fsp3) is 0.286. The lowest BCUT2D eigenvalue weighted by Gasteiger charge is -2.16. The summed E-state index contributed by atoms with van der Waals surface area (Å²) in [7, 11) is 3.63. The molecule has 1 N–H and O–H groups in total. The highest BCUT2D eigenvalue weighted by Gasteiger charge is 2.12. The lowest BCUT2D eigenvalue weighted by molar-refractivity contribution is 0.0791. The second-order valence-electron chi connectivity index (χ2n) is 4.24. The van der Waals surface area contributed by atoms with E-state index in [2.05, 4.69) is 21.7 Å². The Kier molecular flexibility index (Phi) is 4.52. The van der Waals surface area contributed by atoms with Crippen LogP contribution < -0.4 is 5.32 Å². The Morgan fingerprint density at radius 2 is 2.26 bits per heavy atom. The zero-order valence-electron chi connectivity index (χ0n) is 11.1. The third kappa shape index (κ3) is 3.54. The molecule has 0 unspecified atom stereocenters. The molecule has 19 heavy (non-hydrogen) atoms. The van der Waals surface area contributed by atoms with Crippen molar-refractivity contribution in [2.45, 2.75) is 6.42 Å². The Labute approximate surface area is 117 Å². The predicted molar refractivity (Wildman–Crippen MR) is 78.8 cm³/mol. The molecule has 2 aromatic heterocycles. The molecular weight excluding hydrogens is 258 g/mol. The SMILES string of the molecule is CNc1ccc(C(=O)N(C)CCc2cccs2)nc1. The number of anilines is 1. The monoisotopic (exact) mass is 275 g/mol. The van der Waals surface area contributed by atoms with Gasteiger partial charge in [0.2, 0.25) is 0 Å². The summed E-state index contributed by atoms with van der Waals surface area (Å²) in [5.74, 6) is -0.0424. The van der Waals surface area contributed by atoms with Gasteiger partial charge >= 0.3 is 0 Å². The van der Waals surface area contributed by atoms with Crippen molar-refractivity contribution in [3.8, 4) is 0 Å². The largest absolute Gasteiger partial charge is 0.387 e. The number of amides is 1. The van der Waals surface area contributed by atoms with Crippen LogP contribution in [0, 0.1) is 0 Å². The van der Waals surface area contributed by atoms with Gasteiger partial charge in [-0.25, -0.2) is 4.98 Å². The third-order valence-corrected chi connectivity index (χ3v) is 3.83. The number of aromatic nitrogens is 1. The second kappa shape index (κ2) is 6.33. The van der Waals surface area contributed by atoms with Crippen LogP contribution in [0.2, 0.25) is 0 Å². The van der Waals surface area contributed by atoms with Gasteiger partial charge in [0.05, 0.1) is 11.9 Å². The average molecular weight is 275 g/mol. The van der Waals surface area contributed by atoms with E-state index in [9.17, 15) is 4.79 Å². The van der Waals surface area contributed by atoms with Crippen LogP contribution in [-0.2, 0) is 6.42 Å². The average Bonchev–Trinajstić information content (AvgIpc) is 2.97. The van der Waals surface area contributed by atoms with Crippen LogP contribution in [0.1, 0.15) is 15.4 Å². The van der Waals surface area contributed by atoms with Gasteiger partial charge in [-0.3, -0.25) is 4.79 Å². The van der Waals surface area contributed by atoms with Gasteiger partial charge in [-0.05, 0) is 30.0 Å². The van der Waals surface area contributed by atoms with Crippen molar-refractivity contribution < 1.29 is 4.79 Å². The van der Waals surface area contributed by atoms with E-state index in [-0.39, 0.29) is 5.91 Å². The molecule has 0 aliphatic carbocycles. The first-order chi connectivity index (χ1) is 9.20. The topological polar surface area (TPSA) is 45.2 Å².